The van der Waals surface area contributed by atoms with Crippen molar-refractivity contribution in [1.29, 1.82) is 0 Å². The Morgan fingerprint density at radius 3 is 3.00 bits per heavy atom. The van der Waals surface area contributed by atoms with Crippen LogP contribution in [0.5, 0.6) is 0 Å². The summed E-state index contributed by atoms with van der Waals surface area (Å²) in [6.45, 7) is 5.75. The van der Waals surface area contributed by atoms with Crippen LogP contribution in [0.1, 0.15) is 32.4 Å². The molecule has 6 nitrogen and oxygen atoms in total. The molecule has 0 saturated heterocycles. The molecule has 20 heavy (non-hydrogen) atoms. The van der Waals surface area contributed by atoms with Gasteiger partial charge in [-0.05, 0) is 38.5 Å². The van der Waals surface area contributed by atoms with Crippen molar-refractivity contribution in [3.05, 3.63) is 30.1 Å². The number of nitrogens with zero attached hydrogens (tertiary/aromatic N) is 1. The second-order valence-corrected chi connectivity index (χ2v) is 5.63. The van der Waals surface area contributed by atoms with E-state index in [0.29, 0.717) is 6.54 Å². The highest BCUT2D eigenvalue weighted by Crippen LogP contribution is 2.20. The number of hydrogen-bond donors (Lipinski definition) is 3. The molecule has 2 rings (SSSR count). The Morgan fingerprint density at radius 1 is 1.55 bits per heavy atom. The van der Waals surface area contributed by atoms with Crippen LogP contribution in [0.3, 0.4) is 0 Å². The quantitative estimate of drug-likeness (QED) is 0.800. The maximum Gasteiger partial charge on any atom is 0.407 e. The van der Waals surface area contributed by atoms with Crippen LogP contribution >= 0.6 is 0 Å². The fourth-order valence-corrected chi connectivity index (χ4v) is 1.90. The fourth-order valence-electron chi connectivity index (χ4n) is 1.90. The summed E-state index contributed by atoms with van der Waals surface area (Å²) in [4.78, 5) is 18.9. The van der Waals surface area contributed by atoms with E-state index in [4.69, 9.17) is 10.5 Å². The number of nitrogens with two attached hydrogens (primary N) is 1. The summed E-state index contributed by atoms with van der Waals surface area (Å²) in [5.41, 5.74) is 7.29. The lowest BCUT2D eigenvalue weighted by atomic mass is 10.1. The van der Waals surface area contributed by atoms with Gasteiger partial charge in [0.2, 0.25) is 0 Å². The van der Waals surface area contributed by atoms with Crippen molar-refractivity contribution in [2.45, 2.75) is 32.4 Å². The van der Waals surface area contributed by atoms with E-state index < -0.39 is 11.7 Å². The van der Waals surface area contributed by atoms with E-state index in [1.165, 1.54) is 0 Å². The molecule has 4 N–H and O–H groups in total. The van der Waals surface area contributed by atoms with Crippen molar-refractivity contribution in [3.8, 4) is 0 Å². The molecule has 2 aromatic heterocycles. The maximum absolute atomic E-state index is 11.6. The SMILES string of the molecule is CC(C)(C)OC(=O)NCC(N)c1c[nH]c2ncccc12. The number of H-pyrrole nitrogens is 1. The third-order valence-corrected chi connectivity index (χ3v) is 2.75. The van der Waals surface area contributed by atoms with Crippen LogP contribution in [0.2, 0.25) is 0 Å². The van der Waals surface area contributed by atoms with Crippen molar-refractivity contribution in [2.24, 2.45) is 5.73 Å². The molecule has 1 unspecified atom stereocenters. The molecule has 0 saturated carbocycles. The standard InChI is InChI=1S/C14H20N4O2/c1-14(2,3)20-13(19)18-8-11(15)10-7-17-12-9(10)5-4-6-16-12/h4-7,11H,8,15H2,1-3H3,(H,16,17)(H,18,19). The first-order valence-corrected chi connectivity index (χ1v) is 6.51. The van der Waals surface area contributed by atoms with Gasteiger partial charge >= 0.3 is 6.09 Å². The number of hydrogen-bond acceptors (Lipinski definition) is 4. The van der Waals surface area contributed by atoms with Crippen molar-refractivity contribution < 1.29 is 9.53 Å². The summed E-state index contributed by atoms with van der Waals surface area (Å²) >= 11 is 0. The summed E-state index contributed by atoms with van der Waals surface area (Å²) in [7, 11) is 0. The van der Waals surface area contributed by atoms with Gasteiger partial charge in [0.05, 0.1) is 0 Å². The average Bonchev–Trinajstić information content (AvgIpc) is 2.78. The lowest BCUT2D eigenvalue weighted by Crippen LogP contribution is -2.36. The van der Waals surface area contributed by atoms with Gasteiger partial charge in [0.15, 0.2) is 0 Å². The monoisotopic (exact) mass is 276 g/mol. The molecule has 1 atom stereocenters. The highest BCUT2D eigenvalue weighted by molar-refractivity contribution is 5.80. The topological polar surface area (TPSA) is 93.0 Å². The van der Waals surface area contributed by atoms with E-state index >= 15 is 0 Å². The Bertz CT molecular complexity index is 600. The normalized spacial score (nSPS) is 13.2. The van der Waals surface area contributed by atoms with Crippen LogP contribution in [0, 0.1) is 0 Å². The zero-order chi connectivity index (χ0) is 14.8. The molecule has 0 fully saturated rings. The maximum atomic E-state index is 11.6. The van der Waals surface area contributed by atoms with Crippen molar-refractivity contribution in [2.75, 3.05) is 6.54 Å². The van der Waals surface area contributed by atoms with Crippen molar-refractivity contribution in [3.63, 3.8) is 0 Å². The van der Waals surface area contributed by atoms with E-state index in [-0.39, 0.29) is 6.04 Å². The van der Waals surface area contributed by atoms with Crippen LogP contribution < -0.4 is 11.1 Å². The van der Waals surface area contributed by atoms with Gasteiger partial charge < -0.3 is 20.8 Å². The number of ether oxygens (including phenoxy) is 1. The number of amides is 1. The highest BCUT2D eigenvalue weighted by Gasteiger charge is 2.18. The van der Waals surface area contributed by atoms with E-state index in [9.17, 15) is 4.79 Å². The van der Waals surface area contributed by atoms with Crippen molar-refractivity contribution >= 4 is 17.1 Å². The molecule has 0 spiro atoms. The number of aromatic nitrogens is 2. The number of aromatic amines is 1. The van der Waals surface area contributed by atoms with Gasteiger partial charge in [-0.15, -0.1) is 0 Å². The first-order chi connectivity index (χ1) is 9.37. The van der Waals surface area contributed by atoms with E-state index in [1.54, 1.807) is 6.20 Å². The van der Waals surface area contributed by atoms with Crippen LogP contribution in [0.15, 0.2) is 24.5 Å². The van der Waals surface area contributed by atoms with Gasteiger partial charge in [0.1, 0.15) is 11.2 Å². The zero-order valence-corrected chi connectivity index (χ0v) is 11.9. The second kappa shape index (κ2) is 5.50. The summed E-state index contributed by atoms with van der Waals surface area (Å²) in [5, 5.41) is 3.64. The molecule has 6 heteroatoms. The highest BCUT2D eigenvalue weighted by atomic mass is 16.6. The molecule has 108 valence electrons. The van der Waals surface area contributed by atoms with Gasteiger partial charge in [0, 0.05) is 30.4 Å². The van der Waals surface area contributed by atoms with Gasteiger partial charge in [-0.2, -0.15) is 0 Å². The molecule has 0 aliphatic rings. The number of carbonyl (C=O) groups is 1. The molecular formula is C14H20N4O2. The van der Waals surface area contributed by atoms with Crippen molar-refractivity contribution in [1.82, 2.24) is 15.3 Å². The van der Waals surface area contributed by atoms with Crippen LogP contribution in [0.25, 0.3) is 11.0 Å². The Morgan fingerprint density at radius 2 is 2.30 bits per heavy atom. The summed E-state index contributed by atoms with van der Waals surface area (Å²) in [6.07, 6.45) is 3.07. The lowest BCUT2D eigenvalue weighted by molar-refractivity contribution is 0.0524. The van der Waals surface area contributed by atoms with Gasteiger partial charge in [-0.3, -0.25) is 0 Å². The number of fused-ring (bicyclic) bond motifs is 1. The summed E-state index contributed by atoms with van der Waals surface area (Å²) in [6, 6.07) is 3.48. The molecule has 0 aliphatic heterocycles. The summed E-state index contributed by atoms with van der Waals surface area (Å²) in [5.74, 6) is 0. The van der Waals surface area contributed by atoms with E-state index in [1.807, 2.05) is 39.1 Å². The first kappa shape index (κ1) is 14.3. The smallest absolute Gasteiger partial charge is 0.407 e. The minimum atomic E-state index is -0.515. The minimum absolute atomic E-state index is 0.302. The molecule has 0 aliphatic carbocycles. The Labute approximate surface area is 117 Å². The van der Waals surface area contributed by atoms with E-state index in [2.05, 4.69) is 15.3 Å². The minimum Gasteiger partial charge on any atom is -0.444 e. The second-order valence-electron chi connectivity index (χ2n) is 5.63. The molecule has 2 aromatic rings. The number of rotatable bonds is 3. The van der Waals surface area contributed by atoms with Crippen LogP contribution in [-0.4, -0.2) is 28.2 Å². The summed E-state index contributed by atoms with van der Waals surface area (Å²) < 4.78 is 5.17. The van der Waals surface area contributed by atoms with Gasteiger partial charge in [-0.25, -0.2) is 9.78 Å². The molecule has 0 radical (unpaired) electrons. The first-order valence-electron chi connectivity index (χ1n) is 6.51. The number of pyridine rings is 1. The Hall–Kier alpha value is -2.08. The third kappa shape index (κ3) is 3.48. The molecule has 0 aromatic carbocycles. The van der Waals surface area contributed by atoms with Crippen LogP contribution in [-0.2, 0) is 4.74 Å². The molecule has 1 amide bonds. The largest absolute Gasteiger partial charge is 0.444 e. The molecular weight excluding hydrogens is 256 g/mol. The number of carbonyl (C=O) groups excluding carboxylic acids is 1. The molecule has 0 bridgehead atoms. The predicted octanol–water partition coefficient (Wildman–Crippen LogP) is 2.09. The lowest BCUT2D eigenvalue weighted by Gasteiger charge is -2.20. The van der Waals surface area contributed by atoms with Gasteiger partial charge in [0.25, 0.3) is 0 Å². The third-order valence-electron chi connectivity index (χ3n) is 2.75. The van der Waals surface area contributed by atoms with Crippen LogP contribution in [0.4, 0.5) is 4.79 Å². The number of alkyl carbamates (subject to hydrolysis) is 1. The fraction of sp³-hybridized carbons (Fsp3) is 0.429. The Balaban J connectivity index is 1.99. The zero-order valence-electron chi connectivity index (χ0n) is 11.9. The predicted molar refractivity (Wildman–Crippen MR) is 77.3 cm³/mol. The average molecular weight is 276 g/mol. The molecule has 2 heterocycles. The Kier molecular flexibility index (Phi) is 3.94. The van der Waals surface area contributed by atoms with E-state index in [0.717, 1.165) is 16.6 Å². The van der Waals surface area contributed by atoms with Gasteiger partial charge in [-0.1, -0.05) is 0 Å². The number of nitrogens with one attached hydrogen (secondary N) is 2.